The molecule has 0 unspecified atom stereocenters. The van der Waals surface area contributed by atoms with E-state index in [9.17, 15) is 0 Å². The Balaban J connectivity index is 2.22. The van der Waals surface area contributed by atoms with Crippen molar-refractivity contribution in [3.63, 3.8) is 0 Å². The molecular weight excluding hydrogens is 250 g/mol. The van der Waals surface area contributed by atoms with Crippen LogP contribution in [-0.2, 0) is 7.05 Å². The summed E-state index contributed by atoms with van der Waals surface area (Å²) in [5.74, 6) is 0.632. The third-order valence-corrected chi connectivity index (χ3v) is 3.27. The molecule has 100 valence electrons. The van der Waals surface area contributed by atoms with Crippen LogP contribution in [0, 0.1) is 6.92 Å². The van der Waals surface area contributed by atoms with Crippen LogP contribution in [-0.4, -0.2) is 19.7 Å². The molecule has 0 bridgehead atoms. The molecule has 0 aliphatic carbocycles. The van der Waals surface area contributed by atoms with E-state index in [1.165, 1.54) is 11.9 Å². The van der Waals surface area contributed by atoms with Crippen LogP contribution in [0.1, 0.15) is 5.56 Å². The molecule has 3 aromatic rings. The Kier molecular flexibility index (Phi) is 2.95. The largest absolute Gasteiger partial charge is 0.383 e. The first kappa shape index (κ1) is 12.3. The van der Waals surface area contributed by atoms with Crippen LogP contribution in [0.15, 0.2) is 43.0 Å². The number of rotatable bonds is 2. The summed E-state index contributed by atoms with van der Waals surface area (Å²) in [6.45, 7) is 2.06. The van der Waals surface area contributed by atoms with E-state index in [4.69, 9.17) is 5.73 Å². The molecule has 0 fully saturated rings. The molecule has 3 rings (SSSR count). The number of nitrogens with zero attached hydrogens (tertiary/aromatic N) is 4. The van der Waals surface area contributed by atoms with Gasteiger partial charge < -0.3 is 5.73 Å². The molecule has 0 atom stereocenters. The minimum atomic E-state index is 0.632. The Bertz CT molecular complexity index is 729. The number of anilines is 1. The maximum atomic E-state index is 6.17. The summed E-state index contributed by atoms with van der Waals surface area (Å²) in [4.78, 5) is 8.10. The SMILES string of the molecule is Cc1ccc(-c2c(-c3cncnc3)nn(C)c2N)cc1. The van der Waals surface area contributed by atoms with Crippen molar-refractivity contribution < 1.29 is 0 Å². The van der Waals surface area contributed by atoms with E-state index in [0.717, 1.165) is 22.4 Å². The highest BCUT2D eigenvalue weighted by Crippen LogP contribution is 2.35. The Morgan fingerprint density at radius 1 is 1.00 bits per heavy atom. The van der Waals surface area contributed by atoms with Crippen LogP contribution in [0.3, 0.4) is 0 Å². The van der Waals surface area contributed by atoms with Gasteiger partial charge in [-0.25, -0.2) is 9.97 Å². The zero-order chi connectivity index (χ0) is 14.1. The maximum absolute atomic E-state index is 6.17. The predicted octanol–water partition coefficient (Wildman–Crippen LogP) is 2.43. The van der Waals surface area contributed by atoms with Crippen molar-refractivity contribution in [2.24, 2.45) is 7.05 Å². The van der Waals surface area contributed by atoms with E-state index in [2.05, 4.69) is 46.3 Å². The summed E-state index contributed by atoms with van der Waals surface area (Å²) in [6.07, 6.45) is 4.99. The van der Waals surface area contributed by atoms with Crippen LogP contribution in [0.2, 0.25) is 0 Å². The van der Waals surface area contributed by atoms with Gasteiger partial charge in [0.2, 0.25) is 0 Å². The second-order valence-corrected chi connectivity index (χ2v) is 4.73. The van der Waals surface area contributed by atoms with Gasteiger partial charge in [0.25, 0.3) is 0 Å². The molecule has 2 aromatic heterocycles. The minimum absolute atomic E-state index is 0.632. The Labute approximate surface area is 117 Å². The van der Waals surface area contributed by atoms with E-state index in [1.54, 1.807) is 17.1 Å². The molecule has 1 aromatic carbocycles. The summed E-state index contributed by atoms with van der Waals surface area (Å²) in [6, 6.07) is 8.23. The fourth-order valence-corrected chi connectivity index (χ4v) is 2.17. The first-order valence-electron chi connectivity index (χ1n) is 6.31. The summed E-state index contributed by atoms with van der Waals surface area (Å²) < 4.78 is 1.68. The third kappa shape index (κ3) is 2.03. The monoisotopic (exact) mass is 265 g/mol. The topological polar surface area (TPSA) is 69.6 Å². The van der Waals surface area contributed by atoms with Crippen molar-refractivity contribution in [2.75, 3.05) is 5.73 Å². The normalized spacial score (nSPS) is 10.7. The average Bonchev–Trinajstić information content (AvgIpc) is 2.77. The molecular formula is C15H15N5. The van der Waals surface area contributed by atoms with E-state index in [1.807, 2.05) is 7.05 Å². The number of hydrogen-bond donors (Lipinski definition) is 1. The van der Waals surface area contributed by atoms with E-state index < -0.39 is 0 Å². The van der Waals surface area contributed by atoms with Gasteiger partial charge in [-0.3, -0.25) is 4.68 Å². The first-order valence-corrected chi connectivity index (χ1v) is 6.31. The highest BCUT2D eigenvalue weighted by Gasteiger charge is 2.17. The van der Waals surface area contributed by atoms with Crippen LogP contribution >= 0.6 is 0 Å². The Morgan fingerprint density at radius 3 is 2.30 bits per heavy atom. The van der Waals surface area contributed by atoms with Gasteiger partial charge in [-0.1, -0.05) is 29.8 Å². The van der Waals surface area contributed by atoms with Crippen LogP contribution in [0.25, 0.3) is 22.4 Å². The van der Waals surface area contributed by atoms with Gasteiger partial charge in [0.15, 0.2) is 0 Å². The summed E-state index contributed by atoms with van der Waals surface area (Å²) in [5.41, 5.74) is 11.0. The smallest absolute Gasteiger partial charge is 0.129 e. The second kappa shape index (κ2) is 4.77. The van der Waals surface area contributed by atoms with Crippen molar-refractivity contribution in [3.05, 3.63) is 48.5 Å². The summed E-state index contributed by atoms with van der Waals surface area (Å²) in [7, 11) is 1.83. The van der Waals surface area contributed by atoms with E-state index >= 15 is 0 Å². The number of nitrogen functional groups attached to an aromatic ring is 1. The molecule has 5 nitrogen and oxygen atoms in total. The van der Waals surface area contributed by atoms with Gasteiger partial charge in [0.1, 0.15) is 17.8 Å². The second-order valence-electron chi connectivity index (χ2n) is 4.73. The van der Waals surface area contributed by atoms with Crippen LogP contribution in [0.5, 0.6) is 0 Å². The van der Waals surface area contributed by atoms with Gasteiger partial charge in [-0.05, 0) is 12.5 Å². The summed E-state index contributed by atoms with van der Waals surface area (Å²) in [5, 5.41) is 4.49. The zero-order valence-electron chi connectivity index (χ0n) is 11.4. The first-order chi connectivity index (χ1) is 9.66. The van der Waals surface area contributed by atoms with Crippen LogP contribution < -0.4 is 5.73 Å². The molecule has 0 spiro atoms. The molecule has 0 radical (unpaired) electrons. The number of benzene rings is 1. The van der Waals surface area contributed by atoms with Crippen molar-refractivity contribution in [1.29, 1.82) is 0 Å². The van der Waals surface area contributed by atoms with Crippen molar-refractivity contribution >= 4 is 5.82 Å². The maximum Gasteiger partial charge on any atom is 0.129 e. The molecule has 2 N–H and O–H groups in total. The van der Waals surface area contributed by atoms with Gasteiger partial charge >= 0.3 is 0 Å². The fraction of sp³-hybridized carbons (Fsp3) is 0.133. The van der Waals surface area contributed by atoms with Gasteiger partial charge in [0, 0.05) is 25.0 Å². The van der Waals surface area contributed by atoms with Crippen molar-refractivity contribution in [3.8, 4) is 22.4 Å². The average molecular weight is 265 g/mol. The lowest BCUT2D eigenvalue weighted by Gasteiger charge is -2.04. The molecule has 2 heterocycles. The number of aromatic nitrogens is 4. The minimum Gasteiger partial charge on any atom is -0.383 e. The van der Waals surface area contributed by atoms with Crippen molar-refractivity contribution in [1.82, 2.24) is 19.7 Å². The van der Waals surface area contributed by atoms with E-state index in [0.29, 0.717) is 5.82 Å². The molecule has 0 saturated heterocycles. The molecule has 0 amide bonds. The molecule has 0 saturated carbocycles. The third-order valence-electron chi connectivity index (χ3n) is 3.27. The van der Waals surface area contributed by atoms with Crippen molar-refractivity contribution in [2.45, 2.75) is 6.92 Å². The lowest BCUT2D eigenvalue weighted by atomic mass is 10.0. The molecule has 5 heteroatoms. The predicted molar refractivity (Wildman–Crippen MR) is 78.8 cm³/mol. The molecule has 20 heavy (non-hydrogen) atoms. The lowest BCUT2D eigenvalue weighted by Crippen LogP contribution is -1.97. The quantitative estimate of drug-likeness (QED) is 0.772. The Morgan fingerprint density at radius 2 is 1.65 bits per heavy atom. The van der Waals surface area contributed by atoms with Gasteiger partial charge in [0.05, 0.1) is 5.56 Å². The standard InChI is InChI=1S/C15H15N5/c1-10-3-5-11(6-4-10)13-14(19-20(2)15(13)16)12-7-17-9-18-8-12/h3-9H,16H2,1-2H3. The zero-order valence-corrected chi connectivity index (χ0v) is 11.4. The molecule has 0 aliphatic rings. The van der Waals surface area contributed by atoms with Gasteiger partial charge in [-0.15, -0.1) is 0 Å². The Hall–Kier alpha value is -2.69. The lowest BCUT2D eigenvalue weighted by molar-refractivity contribution is 0.782. The van der Waals surface area contributed by atoms with Gasteiger partial charge in [-0.2, -0.15) is 5.10 Å². The van der Waals surface area contributed by atoms with E-state index in [-0.39, 0.29) is 0 Å². The number of aryl methyl sites for hydroxylation is 2. The highest BCUT2D eigenvalue weighted by molar-refractivity contribution is 5.87. The fourth-order valence-electron chi connectivity index (χ4n) is 2.17. The summed E-state index contributed by atoms with van der Waals surface area (Å²) >= 11 is 0. The van der Waals surface area contributed by atoms with Crippen LogP contribution in [0.4, 0.5) is 5.82 Å². The molecule has 0 aliphatic heterocycles. The number of nitrogens with two attached hydrogens (primary N) is 1. The number of hydrogen-bond acceptors (Lipinski definition) is 4. The highest BCUT2D eigenvalue weighted by atomic mass is 15.3.